The molecule has 2 aliphatic heterocycles. The maximum Gasteiger partial charge on any atom is 0.240 e. The maximum atomic E-state index is 12.7. The Morgan fingerprint density at radius 2 is 2.10 bits per heavy atom. The lowest BCUT2D eigenvalue weighted by molar-refractivity contribution is -0.135. The predicted molar refractivity (Wildman–Crippen MR) is 78.4 cm³/mol. The van der Waals surface area contributed by atoms with E-state index in [1.807, 2.05) is 23.2 Å². The molecule has 0 spiro atoms. The molecular weight excluding hydrogens is 264 g/mol. The lowest BCUT2D eigenvalue weighted by Crippen LogP contribution is -2.51. The van der Waals surface area contributed by atoms with Gasteiger partial charge in [0, 0.05) is 32.0 Å². The standard InChI is InChI=1S/C16H18N4O/c21-16(20-8-7-19-6-5-17-15(19)11-20)14-9-12-3-1-2-4-13(12)10-18-14/h1-6,14,18H,7-11H2. The summed E-state index contributed by atoms with van der Waals surface area (Å²) in [5.74, 6) is 1.17. The van der Waals surface area contributed by atoms with E-state index in [1.165, 1.54) is 11.1 Å². The average Bonchev–Trinajstić information content (AvgIpc) is 3.01. The number of hydrogen-bond donors (Lipinski definition) is 1. The van der Waals surface area contributed by atoms with E-state index in [-0.39, 0.29) is 11.9 Å². The van der Waals surface area contributed by atoms with Crippen molar-refractivity contribution in [1.82, 2.24) is 19.8 Å². The number of carbonyl (C=O) groups is 1. The Kier molecular flexibility index (Phi) is 3.00. The van der Waals surface area contributed by atoms with Crippen LogP contribution in [0, 0.1) is 0 Å². The molecular formula is C16H18N4O. The number of rotatable bonds is 1. The first-order chi connectivity index (χ1) is 10.3. The molecule has 0 bridgehead atoms. The molecule has 1 amide bonds. The van der Waals surface area contributed by atoms with Crippen molar-refractivity contribution in [2.24, 2.45) is 0 Å². The van der Waals surface area contributed by atoms with Gasteiger partial charge in [-0.05, 0) is 17.5 Å². The van der Waals surface area contributed by atoms with Crippen LogP contribution in [0.4, 0.5) is 0 Å². The predicted octanol–water partition coefficient (Wildman–Crippen LogP) is 0.940. The third kappa shape index (κ3) is 2.23. The molecule has 4 rings (SSSR count). The van der Waals surface area contributed by atoms with Crippen LogP contribution in [0.25, 0.3) is 0 Å². The van der Waals surface area contributed by atoms with Gasteiger partial charge in [0.2, 0.25) is 5.91 Å². The highest BCUT2D eigenvalue weighted by Crippen LogP contribution is 2.19. The molecule has 0 saturated heterocycles. The number of aromatic nitrogens is 2. The van der Waals surface area contributed by atoms with Crippen molar-refractivity contribution in [3.63, 3.8) is 0 Å². The molecule has 1 unspecified atom stereocenters. The molecule has 1 atom stereocenters. The zero-order valence-corrected chi connectivity index (χ0v) is 11.8. The lowest BCUT2D eigenvalue weighted by Gasteiger charge is -2.33. The first-order valence-corrected chi connectivity index (χ1v) is 7.40. The molecule has 21 heavy (non-hydrogen) atoms. The van der Waals surface area contributed by atoms with Crippen molar-refractivity contribution in [2.75, 3.05) is 6.54 Å². The SMILES string of the molecule is O=C(C1Cc2ccccc2CN1)N1CCn2ccnc2C1. The fourth-order valence-electron chi connectivity index (χ4n) is 3.21. The first-order valence-electron chi connectivity index (χ1n) is 7.40. The largest absolute Gasteiger partial charge is 0.332 e. The Morgan fingerprint density at radius 1 is 1.24 bits per heavy atom. The monoisotopic (exact) mass is 282 g/mol. The van der Waals surface area contributed by atoms with Gasteiger partial charge in [0.1, 0.15) is 5.82 Å². The van der Waals surface area contributed by atoms with E-state index in [0.717, 1.165) is 31.9 Å². The molecule has 5 heteroatoms. The van der Waals surface area contributed by atoms with Crippen molar-refractivity contribution < 1.29 is 4.79 Å². The van der Waals surface area contributed by atoms with Crippen LogP contribution in [0.1, 0.15) is 17.0 Å². The summed E-state index contributed by atoms with van der Waals surface area (Å²) in [6.45, 7) is 2.99. The van der Waals surface area contributed by atoms with Crippen LogP contribution in [-0.2, 0) is 30.8 Å². The summed E-state index contributed by atoms with van der Waals surface area (Å²) in [4.78, 5) is 19.0. The van der Waals surface area contributed by atoms with E-state index >= 15 is 0 Å². The van der Waals surface area contributed by atoms with E-state index in [1.54, 1.807) is 6.20 Å². The van der Waals surface area contributed by atoms with Gasteiger partial charge in [0.25, 0.3) is 0 Å². The second kappa shape index (κ2) is 5.00. The Balaban J connectivity index is 1.49. The topological polar surface area (TPSA) is 50.2 Å². The van der Waals surface area contributed by atoms with Gasteiger partial charge in [0.05, 0.1) is 12.6 Å². The molecule has 3 heterocycles. The van der Waals surface area contributed by atoms with Gasteiger partial charge in [-0.15, -0.1) is 0 Å². The Morgan fingerprint density at radius 3 is 3.00 bits per heavy atom. The third-order valence-corrected chi connectivity index (χ3v) is 4.44. The molecule has 1 aromatic heterocycles. The summed E-state index contributed by atoms with van der Waals surface area (Å²) in [5, 5.41) is 3.37. The number of imidazole rings is 1. The smallest absolute Gasteiger partial charge is 0.240 e. The zero-order valence-electron chi connectivity index (χ0n) is 11.8. The van der Waals surface area contributed by atoms with Crippen LogP contribution in [0.2, 0.25) is 0 Å². The van der Waals surface area contributed by atoms with Crippen molar-refractivity contribution in [1.29, 1.82) is 0 Å². The summed E-state index contributed by atoms with van der Waals surface area (Å²) < 4.78 is 2.12. The van der Waals surface area contributed by atoms with Gasteiger partial charge in [-0.25, -0.2) is 4.98 Å². The minimum atomic E-state index is -0.110. The summed E-state index contributed by atoms with van der Waals surface area (Å²) >= 11 is 0. The second-order valence-corrected chi connectivity index (χ2v) is 5.70. The number of nitrogens with one attached hydrogen (secondary N) is 1. The number of carbonyl (C=O) groups excluding carboxylic acids is 1. The van der Waals surface area contributed by atoms with E-state index < -0.39 is 0 Å². The van der Waals surface area contributed by atoms with E-state index in [2.05, 4.69) is 27.0 Å². The Hall–Kier alpha value is -2.14. The molecule has 0 aliphatic carbocycles. The van der Waals surface area contributed by atoms with Crippen LogP contribution >= 0.6 is 0 Å². The van der Waals surface area contributed by atoms with Gasteiger partial charge >= 0.3 is 0 Å². The highest BCUT2D eigenvalue weighted by molar-refractivity contribution is 5.82. The van der Waals surface area contributed by atoms with Crippen molar-refractivity contribution in [3.8, 4) is 0 Å². The van der Waals surface area contributed by atoms with E-state index in [9.17, 15) is 4.79 Å². The van der Waals surface area contributed by atoms with Crippen LogP contribution < -0.4 is 5.32 Å². The van der Waals surface area contributed by atoms with Gasteiger partial charge in [0.15, 0.2) is 0 Å². The summed E-state index contributed by atoms with van der Waals surface area (Å²) in [6.07, 6.45) is 4.56. The van der Waals surface area contributed by atoms with Crippen LogP contribution in [0.3, 0.4) is 0 Å². The van der Waals surface area contributed by atoms with Gasteiger partial charge in [-0.1, -0.05) is 24.3 Å². The average molecular weight is 282 g/mol. The molecule has 2 aromatic rings. The van der Waals surface area contributed by atoms with Gasteiger partial charge < -0.3 is 14.8 Å². The molecule has 0 fully saturated rings. The van der Waals surface area contributed by atoms with E-state index in [4.69, 9.17) is 0 Å². The fraction of sp³-hybridized carbons (Fsp3) is 0.375. The summed E-state index contributed by atoms with van der Waals surface area (Å²) in [6, 6.07) is 8.23. The van der Waals surface area contributed by atoms with Gasteiger partial charge in [-0.2, -0.15) is 0 Å². The Bertz CT molecular complexity index is 678. The fourth-order valence-corrected chi connectivity index (χ4v) is 3.21. The minimum absolute atomic E-state index is 0.110. The second-order valence-electron chi connectivity index (χ2n) is 5.70. The highest BCUT2D eigenvalue weighted by Gasteiger charge is 2.30. The number of amides is 1. The molecule has 1 N–H and O–H groups in total. The number of nitrogens with zero attached hydrogens (tertiary/aromatic N) is 3. The first kappa shape index (κ1) is 12.6. The molecule has 0 saturated carbocycles. The number of benzene rings is 1. The number of fused-ring (bicyclic) bond motifs is 2. The highest BCUT2D eigenvalue weighted by atomic mass is 16.2. The van der Waals surface area contributed by atoms with Crippen LogP contribution in [-0.4, -0.2) is 32.9 Å². The van der Waals surface area contributed by atoms with Crippen LogP contribution in [0.5, 0.6) is 0 Å². The Labute approximate surface area is 123 Å². The normalized spacial score (nSPS) is 20.8. The molecule has 2 aliphatic rings. The molecule has 0 radical (unpaired) electrons. The van der Waals surface area contributed by atoms with Crippen LogP contribution in [0.15, 0.2) is 36.7 Å². The van der Waals surface area contributed by atoms with Gasteiger partial charge in [-0.3, -0.25) is 4.79 Å². The van der Waals surface area contributed by atoms with Crippen molar-refractivity contribution in [3.05, 3.63) is 53.6 Å². The minimum Gasteiger partial charge on any atom is -0.332 e. The van der Waals surface area contributed by atoms with Crippen molar-refractivity contribution in [2.45, 2.75) is 32.1 Å². The molecule has 5 nitrogen and oxygen atoms in total. The quantitative estimate of drug-likeness (QED) is 0.847. The molecule has 1 aromatic carbocycles. The van der Waals surface area contributed by atoms with E-state index in [0.29, 0.717) is 6.54 Å². The molecule has 108 valence electrons. The third-order valence-electron chi connectivity index (χ3n) is 4.44. The maximum absolute atomic E-state index is 12.7. The zero-order chi connectivity index (χ0) is 14.2. The lowest BCUT2D eigenvalue weighted by atomic mass is 9.95. The summed E-state index contributed by atoms with van der Waals surface area (Å²) in [7, 11) is 0. The summed E-state index contributed by atoms with van der Waals surface area (Å²) in [5.41, 5.74) is 2.59. The van der Waals surface area contributed by atoms with Crippen molar-refractivity contribution >= 4 is 5.91 Å². The number of hydrogen-bond acceptors (Lipinski definition) is 3.